The number of hydrogen-bond acceptors (Lipinski definition) is 1. The van der Waals surface area contributed by atoms with Crippen molar-refractivity contribution in [1.82, 2.24) is 0 Å². The molecule has 0 saturated carbocycles. The fourth-order valence-electron chi connectivity index (χ4n) is 0.656. The van der Waals surface area contributed by atoms with Crippen LogP contribution in [0.25, 0.3) is 0 Å². The molecule has 0 rings (SSSR count). The van der Waals surface area contributed by atoms with Gasteiger partial charge in [0.15, 0.2) is 0 Å². The Morgan fingerprint density at radius 1 is 1.70 bits per heavy atom. The van der Waals surface area contributed by atoms with Crippen LogP contribution in [0, 0.1) is 5.92 Å². The van der Waals surface area contributed by atoms with Gasteiger partial charge in [0.25, 0.3) is 0 Å². The Kier molecular flexibility index (Phi) is 4.73. The predicted octanol–water partition coefficient (Wildman–Crippen LogP) is 2.45. The van der Waals surface area contributed by atoms with Crippen molar-refractivity contribution >= 4 is 0 Å². The molecule has 0 fully saturated rings. The summed E-state index contributed by atoms with van der Waals surface area (Å²) < 4.78 is 0. The molecule has 0 aliphatic carbocycles. The molecule has 0 aromatic heterocycles. The van der Waals surface area contributed by atoms with Crippen molar-refractivity contribution in [3.05, 3.63) is 24.4 Å². The van der Waals surface area contributed by atoms with Gasteiger partial charge in [-0.2, -0.15) is 0 Å². The minimum atomic E-state index is 0.514. The summed E-state index contributed by atoms with van der Waals surface area (Å²) in [6.45, 7) is 7.89. The van der Waals surface area contributed by atoms with Crippen LogP contribution in [0.15, 0.2) is 24.4 Å². The Bertz CT molecular complexity index is 125. The minimum Gasteiger partial charge on any atom is -0.402 e. The molecule has 1 atom stereocenters. The molecule has 0 bridgehead atoms. The van der Waals surface area contributed by atoms with E-state index >= 15 is 0 Å². The number of hydrogen-bond donors (Lipinski definition) is 1. The van der Waals surface area contributed by atoms with E-state index in [2.05, 4.69) is 20.4 Å². The molecule has 1 unspecified atom stereocenters. The maximum atomic E-state index is 5.73. The fourth-order valence-corrected chi connectivity index (χ4v) is 0.656. The van der Waals surface area contributed by atoms with Gasteiger partial charge in [0, 0.05) is 5.70 Å². The molecule has 0 saturated heterocycles. The van der Waals surface area contributed by atoms with Crippen LogP contribution in [-0.4, -0.2) is 0 Å². The van der Waals surface area contributed by atoms with Gasteiger partial charge in [-0.3, -0.25) is 0 Å². The Morgan fingerprint density at radius 3 is 2.70 bits per heavy atom. The zero-order valence-corrected chi connectivity index (χ0v) is 6.93. The second-order valence-corrected chi connectivity index (χ2v) is 2.54. The van der Waals surface area contributed by atoms with Crippen LogP contribution in [0.3, 0.4) is 0 Å². The maximum absolute atomic E-state index is 5.73. The van der Waals surface area contributed by atoms with Crippen molar-refractivity contribution < 1.29 is 0 Å². The van der Waals surface area contributed by atoms with Crippen LogP contribution < -0.4 is 5.73 Å². The zero-order chi connectivity index (χ0) is 7.98. The van der Waals surface area contributed by atoms with Crippen molar-refractivity contribution in [3.63, 3.8) is 0 Å². The second kappa shape index (κ2) is 5.10. The molecule has 0 aromatic carbocycles. The van der Waals surface area contributed by atoms with Gasteiger partial charge in [-0.15, -0.1) is 6.58 Å². The minimum absolute atomic E-state index is 0.514. The molecule has 10 heavy (non-hydrogen) atoms. The average molecular weight is 139 g/mol. The van der Waals surface area contributed by atoms with E-state index in [1.807, 2.05) is 12.2 Å². The van der Waals surface area contributed by atoms with Crippen LogP contribution >= 0.6 is 0 Å². The van der Waals surface area contributed by atoms with Gasteiger partial charge in [0.05, 0.1) is 0 Å². The van der Waals surface area contributed by atoms with E-state index in [1.54, 1.807) is 0 Å². The monoisotopic (exact) mass is 139 g/mol. The summed E-state index contributed by atoms with van der Waals surface area (Å²) in [5.74, 6) is 0.514. The third kappa shape index (κ3) is 3.33. The smallest absolute Gasteiger partial charge is 0.00717 e. The summed E-state index contributed by atoms with van der Waals surface area (Å²) in [7, 11) is 0. The summed E-state index contributed by atoms with van der Waals surface area (Å²) in [5, 5.41) is 0. The molecular formula is C9H17N. The van der Waals surface area contributed by atoms with Crippen LogP contribution in [0.1, 0.15) is 26.7 Å². The molecule has 1 nitrogen and oxygen atoms in total. The molecule has 58 valence electrons. The van der Waals surface area contributed by atoms with Crippen LogP contribution in [0.4, 0.5) is 0 Å². The third-order valence-electron chi connectivity index (χ3n) is 1.70. The summed E-state index contributed by atoms with van der Waals surface area (Å²) in [6.07, 6.45) is 5.88. The molecule has 0 spiro atoms. The highest BCUT2D eigenvalue weighted by Crippen LogP contribution is 2.08. The van der Waals surface area contributed by atoms with Gasteiger partial charge in [-0.1, -0.05) is 26.0 Å². The third-order valence-corrected chi connectivity index (χ3v) is 1.70. The van der Waals surface area contributed by atoms with Crippen molar-refractivity contribution in [2.45, 2.75) is 26.7 Å². The molecule has 0 amide bonds. The van der Waals surface area contributed by atoms with Crippen molar-refractivity contribution in [1.29, 1.82) is 0 Å². The standard InChI is InChI=1S/C9H17N/c1-4-6-7-9(10)8(3)5-2/h4,7-8H,1,5-6,10H2,2-3H3/b9-7+. The van der Waals surface area contributed by atoms with Gasteiger partial charge < -0.3 is 5.73 Å². The van der Waals surface area contributed by atoms with Gasteiger partial charge in [-0.25, -0.2) is 0 Å². The largest absolute Gasteiger partial charge is 0.402 e. The second-order valence-electron chi connectivity index (χ2n) is 2.54. The molecule has 0 aliphatic rings. The average Bonchev–Trinajstić information content (AvgIpc) is 1.98. The Labute approximate surface area is 63.6 Å². The molecule has 0 aliphatic heterocycles. The van der Waals surface area contributed by atoms with Crippen LogP contribution in [-0.2, 0) is 0 Å². The lowest BCUT2D eigenvalue weighted by atomic mass is 10.0. The molecular weight excluding hydrogens is 122 g/mol. The molecule has 0 heterocycles. The summed E-state index contributed by atoms with van der Waals surface area (Å²) in [5.41, 5.74) is 6.72. The highest BCUT2D eigenvalue weighted by molar-refractivity contribution is 5.02. The van der Waals surface area contributed by atoms with E-state index in [0.717, 1.165) is 18.5 Å². The first-order valence-electron chi connectivity index (χ1n) is 3.78. The summed E-state index contributed by atoms with van der Waals surface area (Å²) in [6, 6.07) is 0. The van der Waals surface area contributed by atoms with Crippen molar-refractivity contribution in [3.8, 4) is 0 Å². The lowest BCUT2D eigenvalue weighted by molar-refractivity contribution is 0.645. The van der Waals surface area contributed by atoms with E-state index in [-0.39, 0.29) is 0 Å². The Hall–Kier alpha value is -0.720. The van der Waals surface area contributed by atoms with Crippen molar-refractivity contribution in [2.75, 3.05) is 0 Å². The predicted molar refractivity (Wildman–Crippen MR) is 46.5 cm³/mol. The van der Waals surface area contributed by atoms with Gasteiger partial charge in [0.2, 0.25) is 0 Å². The number of allylic oxidation sites excluding steroid dienone is 3. The molecule has 0 aromatic rings. The van der Waals surface area contributed by atoms with Gasteiger partial charge >= 0.3 is 0 Å². The highest BCUT2D eigenvalue weighted by Gasteiger charge is 1.98. The first-order valence-corrected chi connectivity index (χ1v) is 3.78. The van der Waals surface area contributed by atoms with E-state index in [4.69, 9.17) is 5.73 Å². The lowest BCUT2D eigenvalue weighted by Gasteiger charge is -2.07. The lowest BCUT2D eigenvalue weighted by Crippen LogP contribution is -2.06. The maximum Gasteiger partial charge on any atom is 0.00717 e. The van der Waals surface area contributed by atoms with Crippen LogP contribution in [0.5, 0.6) is 0 Å². The zero-order valence-electron chi connectivity index (χ0n) is 6.93. The number of nitrogens with two attached hydrogens (primary N) is 1. The SMILES string of the molecule is C=CC/C=C(/N)C(C)CC. The summed E-state index contributed by atoms with van der Waals surface area (Å²) >= 11 is 0. The quantitative estimate of drug-likeness (QED) is 0.595. The molecule has 2 N–H and O–H groups in total. The first-order chi connectivity index (χ1) is 4.72. The number of rotatable bonds is 4. The molecule has 0 radical (unpaired) electrons. The molecule has 1 heteroatoms. The normalized spacial score (nSPS) is 14.8. The summed E-state index contributed by atoms with van der Waals surface area (Å²) in [4.78, 5) is 0. The highest BCUT2D eigenvalue weighted by atomic mass is 14.6. The van der Waals surface area contributed by atoms with Gasteiger partial charge in [0.1, 0.15) is 0 Å². The Balaban J connectivity index is 3.78. The van der Waals surface area contributed by atoms with Crippen molar-refractivity contribution in [2.24, 2.45) is 11.7 Å². The van der Waals surface area contributed by atoms with Crippen LogP contribution in [0.2, 0.25) is 0 Å². The van der Waals surface area contributed by atoms with Gasteiger partial charge in [-0.05, 0) is 18.8 Å². The van der Waals surface area contributed by atoms with E-state index in [1.165, 1.54) is 0 Å². The first kappa shape index (κ1) is 9.28. The van der Waals surface area contributed by atoms with E-state index in [9.17, 15) is 0 Å². The van der Waals surface area contributed by atoms with E-state index in [0.29, 0.717) is 5.92 Å². The Morgan fingerprint density at radius 2 is 2.30 bits per heavy atom. The fraction of sp³-hybridized carbons (Fsp3) is 0.556. The topological polar surface area (TPSA) is 26.0 Å². The van der Waals surface area contributed by atoms with E-state index < -0.39 is 0 Å².